The monoisotopic (exact) mass is 637 g/mol. The molecule has 0 bridgehead atoms. The number of imide groups is 1. The molecule has 1 heterocycles. The number of nitrogens with two attached hydrogens (primary N) is 1. The Kier molecular flexibility index (Phi) is 14.8. The van der Waals surface area contributed by atoms with Crippen LogP contribution < -0.4 is 26.4 Å². The van der Waals surface area contributed by atoms with Gasteiger partial charge in [0.25, 0.3) is 5.91 Å². The average Bonchev–Trinajstić information content (AvgIpc) is 3.22. The highest BCUT2D eigenvalue weighted by molar-refractivity contribution is 7.98. The number of amides is 5. The van der Waals surface area contributed by atoms with Crippen LogP contribution in [-0.4, -0.2) is 96.5 Å². The van der Waals surface area contributed by atoms with Crippen LogP contribution in [0, 0.1) is 5.92 Å². The molecule has 0 aromatic heterocycles. The van der Waals surface area contributed by atoms with E-state index in [-0.39, 0.29) is 66.6 Å². The summed E-state index contributed by atoms with van der Waals surface area (Å²) in [7, 11) is 5.43. The van der Waals surface area contributed by atoms with E-state index in [0.717, 1.165) is 16.8 Å². The predicted octanol–water partition coefficient (Wildman–Crippen LogP) is 0.567. The topological polar surface area (TPSA) is 186 Å². The molecule has 0 saturated carbocycles. The Bertz CT molecular complexity index is 1200. The second-order valence-electron chi connectivity index (χ2n) is 10.6. The fourth-order valence-corrected chi connectivity index (χ4v) is 5.23. The molecule has 1 fully saturated rings. The molecule has 1 aliphatic rings. The molecule has 0 radical (unpaired) electrons. The second kappa shape index (κ2) is 17.8. The van der Waals surface area contributed by atoms with E-state index in [2.05, 4.69) is 33.9 Å². The van der Waals surface area contributed by atoms with Gasteiger partial charge in [-0.25, -0.2) is 0 Å². The first-order chi connectivity index (χ1) is 20.4. The maximum absolute atomic E-state index is 12.8. The van der Waals surface area contributed by atoms with E-state index in [4.69, 9.17) is 5.14 Å². The number of hydrogen-bond acceptors (Lipinski definition) is 11. The summed E-state index contributed by atoms with van der Waals surface area (Å²) in [6.07, 6.45) is 0.968. The Morgan fingerprint density at radius 2 is 2.00 bits per heavy atom. The molecule has 3 atom stereocenters. The number of rotatable bonds is 17. The van der Waals surface area contributed by atoms with Crippen molar-refractivity contribution in [1.29, 1.82) is 0 Å². The third-order valence-corrected chi connectivity index (χ3v) is 7.85. The van der Waals surface area contributed by atoms with Crippen molar-refractivity contribution in [2.45, 2.75) is 50.3 Å². The lowest BCUT2D eigenvalue weighted by atomic mass is 9.95. The van der Waals surface area contributed by atoms with Crippen molar-refractivity contribution in [2.75, 3.05) is 46.1 Å². The Balaban J connectivity index is 2.06. The van der Waals surface area contributed by atoms with Crippen molar-refractivity contribution in [1.82, 2.24) is 25.8 Å². The molecule has 0 spiro atoms. The van der Waals surface area contributed by atoms with Gasteiger partial charge in [-0.1, -0.05) is 24.9 Å². The van der Waals surface area contributed by atoms with Crippen LogP contribution in [0.3, 0.4) is 0 Å². The van der Waals surface area contributed by atoms with Crippen molar-refractivity contribution >= 4 is 59.8 Å². The summed E-state index contributed by atoms with van der Waals surface area (Å²) >= 11 is 4.91. The van der Waals surface area contributed by atoms with E-state index in [1.54, 1.807) is 26.1 Å². The third-order valence-electron chi connectivity index (χ3n) is 6.89. The van der Waals surface area contributed by atoms with Gasteiger partial charge in [-0.2, -0.15) is 0 Å². The zero-order valence-corrected chi connectivity index (χ0v) is 26.7. The molecule has 43 heavy (non-hydrogen) atoms. The van der Waals surface area contributed by atoms with Gasteiger partial charge >= 0.3 is 0 Å². The molecule has 15 heteroatoms. The van der Waals surface area contributed by atoms with Crippen molar-refractivity contribution in [3.63, 3.8) is 0 Å². The predicted molar refractivity (Wildman–Crippen MR) is 170 cm³/mol. The largest absolute Gasteiger partial charge is 0.506 e. The number of phenols is 1. The number of likely N-dealkylation sites (tertiary alicyclic amines) is 1. The molecule has 13 nitrogen and oxygen atoms in total. The summed E-state index contributed by atoms with van der Waals surface area (Å²) in [4.78, 5) is 65.5. The van der Waals surface area contributed by atoms with E-state index < -0.39 is 23.1 Å². The van der Waals surface area contributed by atoms with Crippen LogP contribution >= 0.6 is 24.6 Å². The van der Waals surface area contributed by atoms with Crippen molar-refractivity contribution < 1.29 is 29.1 Å². The molecular weight excluding hydrogens is 594 g/mol. The smallest absolute Gasteiger partial charge is 0.268 e. The highest BCUT2D eigenvalue weighted by Crippen LogP contribution is 2.26. The minimum Gasteiger partial charge on any atom is -0.506 e. The standard InChI is InChI=1S/C28H43N7O6S2/c1-17(26(39)31-9-11-34(3)4)12-19(32-27(40)21(16-42)30-2)13-18-7-8-22(36)20(14-18)33-24(37)6-5-10-35-25(38)15-23(43-29)28(35)41/h7-8,14,16-17,19,23,30,36,42H,5-6,9-13,15,29H2,1-4H3,(H,31,39)(H,32,40)(H,33,37)/b21-16-/t17?,19-,23?/m1/s1. The normalized spacial score (nSPS) is 16.7. The second-order valence-corrected chi connectivity index (χ2v) is 11.7. The number of phenolic OH excluding ortho intramolecular Hbond substituents is 1. The number of nitrogens with one attached hydrogen (secondary N) is 4. The van der Waals surface area contributed by atoms with Gasteiger partial charge in [-0.3, -0.25) is 34.0 Å². The number of carbonyl (C=O) groups excluding carboxylic acids is 5. The molecule has 2 rings (SSSR count). The fourth-order valence-electron chi connectivity index (χ4n) is 4.50. The Hall–Kier alpha value is -3.27. The SMILES string of the molecule is CN/C(=C\S)C(=O)N[C@@H](Cc1ccc(O)c(NC(=O)CCCN2C(=O)CC(SN)C2=O)c1)CC(C)C(=O)NCCN(C)C. The molecule has 0 aliphatic carbocycles. The van der Waals surface area contributed by atoms with Crippen LogP contribution in [0.15, 0.2) is 29.3 Å². The zero-order valence-electron chi connectivity index (χ0n) is 25.0. The first-order valence-electron chi connectivity index (χ1n) is 14.0. The van der Waals surface area contributed by atoms with Crippen LogP contribution in [0.25, 0.3) is 0 Å². The van der Waals surface area contributed by atoms with Crippen molar-refractivity contribution in [3.05, 3.63) is 34.9 Å². The number of carbonyl (C=O) groups is 5. The first kappa shape index (κ1) is 35.9. The molecular formula is C28H43N7O6S2. The quantitative estimate of drug-likeness (QED) is 0.0419. The molecule has 238 valence electrons. The molecule has 1 aromatic rings. The average molecular weight is 638 g/mol. The van der Waals surface area contributed by atoms with Gasteiger partial charge in [0.15, 0.2) is 0 Å². The van der Waals surface area contributed by atoms with Gasteiger partial charge in [0.05, 0.1) is 5.69 Å². The third kappa shape index (κ3) is 11.4. The summed E-state index contributed by atoms with van der Waals surface area (Å²) in [5.74, 6) is -2.13. The summed E-state index contributed by atoms with van der Waals surface area (Å²) < 4.78 is 0. The maximum atomic E-state index is 12.8. The molecule has 1 saturated heterocycles. The van der Waals surface area contributed by atoms with Gasteiger partial charge in [0, 0.05) is 51.5 Å². The molecule has 5 amide bonds. The Morgan fingerprint density at radius 1 is 1.28 bits per heavy atom. The lowest BCUT2D eigenvalue weighted by Gasteiger charge is -2.23. The van der Waals surface area contributed by atoms with Gasteiger partial charge in [0.1, 0.15) is 16.7 Å². The number of anilines is 1. The Morgan fingerprint density at radius 3 is 2.60 bits per heavy atom. The van der Waals surface area contributed by atoms with Crippen LogP contribution in [0.4, 0.5) is 5.69 Å². The first-order valence-corrected chi connectivity index (χ1v) is 15.4. The van der Waals surface area contributed by atoms with E-state index in [9.17, 15) is 29.1 Å². The number of benzene rings is 1. The van der Waals surface area contributed by atoms with Gasteiger partial charge in [-0.15, -0.1) is 12.6 Å². The van der Waals surface area contributed by atoms with Gasteiger partial charge < -0.3 is 31.3 Å². The van der Waals surface area contributed by atoms with E-state index >= 15 is 0 Å². The lowest BCUT2D eigenvalue weighted by Crippen LogP contribution is -2.43. The minimum atomic E-state index is -0.589. The van der Waals surface area contributed by atoms with Crippen LogP contribution in [-0.2, 0) is 30.4 Å². The zero-order chi connectivity index (χ0) is 32.1. The number of hydrogen-bond donors (Lipinski definition) is 7. The summed E-state index contributed by atoms with van der Waals surface area (Å²) in [6.45, 7) is 3.09. The van der Waals surface area contributed by atoms with Crippen molar-refractivity contribution in [2.24, 2.45) is 11.1 Å². The van der Waals surface area contributed by atoms with Gasteiger partial charge in [0.2, 0.25) is 23.6 Å². The molecule has 1 aliphatic heterocycles. The summed E-state index contributed by atoms with van der Waals surface area (Å²) in [5.41, 5.74) is 1.14. The number of likely N-dealkylation sites (N-methyl/N-ethyl adjacent to an activating group) is 2. The summed E-state index contributed by atoms with van der Waals surface area (Å²) in [6, 6.07) is 4.27. The van der Waals surface area contributed by atoms with Crippen LogP contribution in [0.2, 0.25) is 0 Å². The van der Waals surface area contributed by atoms with Gasteiger partial charge in [-0.05, 0) is 56.5 Å². The maximum Gasteiger partial charge on any atom is 0.268 e. The molecule has 7 N–H and O–H groups in total. The highest BCUT2D eigenvalue weighted by Gasteiger charge is 2.38. The lowest BCUT2D eigenvalue weighted by molar-refractivity contribution is -0.138. The number of thiol groups is 1. The highest BCUT2D eigenvalue weighted by atomic mass is 32.2. The molecule has 2 unspecified atom stereocenters. The number of nitrogens with zero attached hydrogens (tertiary/aromatic N) is 2. The van der Waals surface area contributed by atoms with Crippen molar-refractivity contribution in [3.8, 4) is 5.75 Å². The fraction of sp³-hybridized carbons (Fsp3) is 0.536. The van der Waals surface area contributed by atoms with Crippen LogP contribution in [0.5, 0.6) is 5.75 Å². The molecule has 1 aromatic carbocycles. The van der Waals surface area contributed by atoms with E-state index in [1.807, 2.05) is 19.0 Å². The van der Waals surface area contributed by atoms with E-state index in [0.29, 0.717) is 31.5 Å². The van der Waals surface area contributed by atoms with Crippen LogP contribution in [0.1, 0.15) is 38.2 Å². The summed E-state index contributed by atoms with van der Waals surface area (Å²) in [5, 5.41) is 27.9. The Labute approximate surface area is 262 Å². The van der Waals surface area contributed by atoms with E-state index in [1.165, 1.54) is 11.5 Å². The minimum absolute atomic E-state index is 0.0170. The number of aromatic hydroxyl groups is 1.